The van der Waals surface area contributed by atoms with E-state index in [4.69, 9.17) is 11.5 Å². The van der Waals surface area contributed by atoms with Gasteiger partial charge in [0, 0.05) is 34.6 Å². The van der Waals surface area contributed by atoms with Crippen LogP contribution in [-0.2, 0) is 4.79 Å². The Morgan fingerprint density at radius 2 is 2.04 bits per heavy atom. The number of carbonyl (C=O) groups excluding carboxylic acids is 1. The van der Waals surface area contributed by atoms with Gasteiger partial charge in [-0.05, 0) is 31.6 Å². The Morgan fingerprint density at radius 3 is 2.71 bits per heavy atom. The number of nitrogen functional groups attached to an aromatic ring is 1. The number of nitrogens with zero attached hydrogens (tertiary/aromatic N) is 1. The molecule has 1 heterocycles. The van der Waals surface area contributed by atoms with Crippen molar-refractivity contribution in [3.05, 3.63) is 53.2 Å². The number of para-hydroxylation sites is 1. The lowest BCUT2D eigenvalue weighted by atomic mass is 10.0. The van der Waals surface area contributed by atoms with E-state index in [9.17, 15) is 9.18 Å². The van der Waals surface area contributed by atoms with Crippen molar-refractivity contribution >= 4 is 17.7 Å². The zero-order valence-corrected chi connectivity index (χ0v) is 13.8. The van der Waals surface area contributed by atoms with Gasteiger partial charge in [-0.2, -0.15) is 4.39 Å². The molecule has 0 unspecified atom stereocenters. The van der Waals surface area contributed by atoms with E-state index in [1.807, 2.05) is 6.92 Å². The van der Waals surface area contributed by atoms with Crippen LogP contribution in [0.4, 0.5) is 10.1 Å². The van der Waals surface area contributed by atoms with E-state index < -0.39 is 5.95 Å². The van der Waals surface area contributed by atoms with Gasteiger partial charge in [-0.1, -0.05) is 25.1 Å². The first-order chi connectivity index (χ1) is 11.4. The smallest absolute Gasteiger partial charge is 0.267 e. The molecule has 5 N–H and O–H groups in total. The number of carbonyl (C=O) groups is 1. The lowest BCUT2D eigenvalue weighted by Crippen LogP contribution is -2.29. The minimum absolute atomic E-state index is 0.0507. The summed E-state index contributed by atoms with van der Waals surface area (Å²) in [5, 5.41) is 2.69. The summed E-state index contributed by atoms with van der Waals surface area (Å²) in [4.78, 5) is 15.7. The molecule has 0 bridgehead atoms. The first-order valence-corrected chi connectivity index (χ1v) is 7.71. The van der Waals surface area contributed by atoms with Gasteiger partial charge in [0.25, 0.3) is 5.91 Å². The lowest BCUT2D eigenvalue weighted by Gasteiger charge is -2.11. The average Bonchev–Trinajstić information content (AvgIpc) is 2.55. The van der Waals surface area contributed by atoms with Crippen molar-refractivity contribution in [2.45, 2.75) is 20.3 Å². The van der Waals surface area contributed by atoms with Gasteiger partial charge in [-0.25, -0.2) is 4.98 Å². The summed E-state index contributed by atoms with van der Waals surface area (Å²) < 4.78 is 14.1. The Balaban J connectivity index is 2.39. The van der Waals surface area contributed by atoms with Gasteiger partial charge in [0.1, 0.15) is 0 Å². The van der Waals surface area contributed by atoms with Crippen molar-refractivity contribution in [2.75, 3.05) is 12.3 Å². The van der Waals surface area contributed by atoms with Gasteiger partial charge in [-0.3, -0.25) is 4.79 Å². The molecule has 0 spiro atoms. The minimum atomic E-state index is -0.587. The van der Waals surface area contributed by atoms with Crippen molar-refractivity contribution in [1.29, 1.82) is 0 Å². The maximum absolute atomic E-state index is 14.1. The molecule has 0 saturated carbocycles. The maximum Gasteiger partial charge on any atom is 0.267 e. The number of aryl methyl sites for hydroxylation is 1. The van der Waals surface area contributed by atoms with Crippen LogP contribution in [0.3, 0.4) is 0 Å². The standard InChI is InChI=1S/C18H21FN4O/c1-3-9-22-18(24)15(20)10-12-5-4-6-13(16(12)21)14-8-7-11(2)23-17(14)19/h4-8,10H,3,9,20-21H2,1-2H3,(H,22,24)/b15-10-. The number of anilines is 1. The summed E-state index contributed by atoms with van der Waals surface area (Å²) in [6, 6.07) is 8.50. The van der Waals surface area contributed by atoms with Crippen LogP contribution in [0.15, 0.2) is 36.0 Å². The Morgan fingerprint density at radius 1 is 1.29 bits per heavy atom. The molecule has 24 heavy (non-hydrogen) atoms. The van der Waals surface area contributed by atoms with Crippen LogP contribution in [0.2, 0.25) is 0 Å². The van der Waals surface area contributed by atoms with Crippen LogP contribution in [0, 0.1) is 12.9 Å². The van der Waals surface area contributed by atoms with Crippen molar-refractivity contribution in [3.63, 3.8) is 0 Å². The predicted molar refractivity (Wildman–Crippen MR) is 94.2 cm³/mol. The number of amides is 1. The van der Waals surface area contributed by atoms with Gasteiger partial charge in [-0.15, -0.1) is 0 Å². The molecule has 0 aliphatic heterocycles. The summed E-state index contributed by atoms with van der Waals surface area (Å²) >= 11 is 0. The van der Waals surface area contributed by atoms with Gasteiger partial charge in [0.2, 0.25) is 5.95 Å². The maximum atomic E-state index is 14.1. The van der Waals surface area contributed by atoms with E-state index in [0.29, 0.717) is 34.6 Å². The number of nitrogens with one attached hydrogen (secondary N) is 1. The summed E-state index contributed by atoms with van der Waals surface area (Å²) in [5.41, 5.74) is 14.3. The Bertz CT molecular complexity index is 787. The highest BCUT2D eigenvalue weighted by molar-refractivity contribution is 5.98. The van der Waals surface area contributed by atoms with E-state index in [2.05, 4.69) is 10.3 Å². The number of aromatic nitrogens is 1. The van der Waals surface area contributed by atoms with E-state index in [0.717, 1.165) is 6.42 Å². The second-order valence-corrected chi connectivity index (χ2v) is 5.46. The van der Waals surface area contributed by atoms with Gasteiger partial charge < -0.3 is 16.8 Å². The van der Waals surface area contributed by atoms with Gasteiger partial charge >= 0.3 is 0 Å². The van der Waals surface area contributed by atoms with Crippen LogP contribution >= 0.6 is 0 Å². The lowest BCUT2D eigenvalue weighted by molar-refractivity contribution is -0.117. The number of hydrogen-bond acceptors (Lipinski definition) is 4. The number of halogens is 1. The number of hydrogen-bond donors (Lipinski definition) is 3. The highest BCUT2D eigenvalue weighted by Gasteiger charge is 2.12. The van der Waals surface area contributed by atoms with E-state index in [-0.39, 0.29) is 11.6 Å². The topological polar surface area (TPSA) is 94.0 Å². The van der Waals surface area contributed by atoms with Crippen LogP contribution in [0.25, 0.3) is 17.2 Å². The van der Waals surface area contributed by atoms with Crippen molar-refractivity contribution in [1.82, 2.24) is 10.3 Å². The fraction of sp³-hybridized carbons (Fsp3) is 0.222. The van der Waals surface area contributed by atoms with Gasteiger partial charge in [0.05, 0.1) is 5.70 Å². The largest absolute Gasteiger partial charge is 0.398 e. The third-order valence-corrected chi connectivity index (χ3v) is 3.53. The molecule has 2 aromatic rings. The molecular formula is C18H21FN4O. The molecule has 2 rings (SSSR count). The molecule has 6 heteroatoms. The van der Waals surface area contributed by atoms with Crippen molar-refractivity contribution in [3.8, 4) is 11.1 Å². The average molecular weight is 328 g/mol. The summed E-state index contributed by atoms with van der Waals surface area (Å²) in [6.07, 6.45) is 2.31. The first-order valence-electron chi connectivity index (χ1n) is 7.71. The van der Waals surface area contributed by atoms with Crippen LogP contribution in [0.5, 0.6) is 0 Å². The monoisotopic (exact) mass is 328 g/mol. The molecule has 0 atom stereocenters. The van der Waals surface area contributed by atoms with E-state index in [1.165, 1.54) is 6.08 Å². The molecule has 0 fully saturated rings. The van der Waals surface area contributed by atoms with Gasteiger partial charge in [0.15, 0.2) is 0 Å². The third kappa shape index (κ3) is 3.90. The molecule has 1 amide bonds. The van der Waals surface area contributed by atoms with Crippen molar-refractivity contribution in [2.24, 2.45) is 5.73 Å². The van der Waals surface area contributed by atoms with E-state index in [1.54, 1.807) is 37.3 Å². The Kier molecular flexibility index (Phi) is 5.52. The molecule has 0 radical (unpaired) electrons. The SMILES string of the molecule is CCCNC(=O)/C(N)=C/c1cccc(-c2ccc(C)nc2F)c1N. The fourth-order valence-corrected chi connectivity index (χ4v) is 2.24. The Labute approximate surface area is 140 Å². The second kappa shape index (κ2) is 7.59. The number of pyridine rings is 1. The second-order valence-electron chi connectivity index (χ2n) is 5.46. The molecule has 1 aromatic carbocycles. The van der Waals surface area contributed by atoms with Crippen molar-refractivity contribution < 1.29 is 9.18 Å². The summed E-state index contributed by atoms with van der Waals surface area (Å²) in [6.45, 7) is 4.21. The third-order valence-electron chi connectivity index (χ3n) is 3.53. The highest BCUT2D eigenvalue weighted by Crippen LogP contribution is 2.31. The van der Waals surface area contributed by atoms with Crippen LogP contribution < -0.4 is 16.8 Å². The molecule has 0 aliphatic rings. The predicted octanol–water partition coefficient (Wildman–Crippen LogP) is 2.60. The number of rotatable bonds is 5. The molecule has 0 saturated heterocycles. The normalized spacial score (nSPS) is 11.4. The molecular weight excluding hydrogens is 307 g/mol. The summed E-state index contributed by atoms with van der Waals surface area (Å²) in [7, 11) is 0. The molecule has 5 nitrogen and oxygen atoms in total. The Hall–Kier alpha value is -2.89. The minimum Gasteiger partial charge on any atom is -0.398 e. The molecule has 126 valence electrons. The zero-order valence-electron chi connectivity index (χ0n) is 13.8. The quantitative estimate of drug-likeness (QED) is 0.447. The van der Waals surface area contributed by atoms with E-state index >= 15 is 0 Å². The molecule has 0 aliphatic carbocycles. The zero-order chi connectivity index (χ0) is 17.7. The molecule has 1 aromatic heterocycles. The highest BCUT2D eigenvalue weighted by atomic mass is 19.1. The summed E-state index contributed by atoms with van der Waals surface area (Å²) in [5.74, 6) is -0.943. The number of benzene rings is 1. The van der Waals surface area contributed by atoms with Crippen LogP contribution in [-0.4, -0.2) is 17.4 Å². The first kappa shape index (κ1) is 17.5. The van der Waals surface area contributed by atoms with Crippen LogP contribution in [0.1, 0.15) is 24.6 Å². The number of nitrogens with two attached hydrogens (primary N) is 2. The fourth-order valence-electron chi connectivity index (χ4n) is 2.24.